The molecular weight excluding hydrogens is 349 g/mol. The molecule has 2 fully saturated rings. The van der Waals surface area contributed by atoms with Gasteiger partial charge in [-0.25, -0.2) is 9.37 Å². The number of fused-ring (bicyclic) bond motifs is 1. The van der Waals surface area contributed by atoms with Gasteiger partial charge in [0.25, 0.3) is 5.91 Å². The van der Waals surface area contributed by atoms with Crippen molar-refractivity contribution >= 4 is 17.2 Å². The molecule has 0 bridgehead atoms. The van der Waals surface area contributed by atoms with E-state index in [0.717, 1.165) is 28.4 Å². The van der Waals surface area contributed by atoms with Gasteiger partial charge in [-0.3, -0.25) is 4.79 Å². The number of carbonyl (C=O) groups is 1. The summed E-state index contributed by atoms with van der Waals surface area (Å²) in [7, 11) is 0. The Morgan fingerprint density at radius 2 is 2.08 bits per heavy atom. The Kier molecular flexibility index (Phi) is 4.57. The first kappa shape index (κ1) is 17.6. The van der Waals surface area contributed by atoms with Crippen LogP contribution < -0.4 is 5.73 Å². The van der Waals surface area contributed by atoms with Crippen LogP contribution >= 0.6 is 11.3 Å². The summed E-state index contributed by atoms with van der Waals surface area (Å²) in [4.78, 5) is 20.6. The largest absolute Gasteiger partial charge is 0.332 e. The first-order valence-corrected chi connectivity index (χ1v) is 10.0. The predicted molar refractivity (Wildman–Crippen MR) is 102 cm³/mol. The summed E-state index contributed by atoms with van der Waals surface area (Å²) in [5, 5.41) is 0.838. The van der Waals surface area contributed by atoms with E-state index in [2.05, 4.69) is 11.9 Å². The first-order valence-electron chi connectivity index (χ1n) is 9.22. The van der Waals surface area contributed by atoms with Gasteiger partial charge in [-0.1, -0.05) is 19.1 Å². The zero-order valence-corrected chi connectivity index (χ0v) is 15.9. The summed E-state index contributed by atoms with van der Waals surface area (Å²) >= 11 is 1.48. The average Bonchev–Trinajstić information content (AvgIpc) is 3.26. The van der Waals surface area contributed by atoms with Crippen LogP contribution in [0.4, 0.5) is 4.39 Å². The minimum absolute atomic E-state index is 0.0359. The maximum absolute atomic E-state index is 13.3. The molecule has 0 radical (unpaired) electrons. The second kappa shape index (κ2) is 6.74. The fraction of sp³-hybridized carbons (Fsp3) is 0.500. The van der Waals surface area contributed by atoms with Crippen LogP contribution in [0.5, 0.6) is 0 Å². The average molecular weight is 373 g/mol. The second-order valence-corrected chi connectivity index (χ2v) is 8.88. The van der Waals surface area contributed by atoms with Crippen LogP contribution in [0, 0.1) is 30.5 Å². The molecule has 1 aromatic heterocycles. The number of thiazole rings is 1. The van der Waals surface area contributed by atoms with Crippen LogP contribution in [0.3, 0.4) is 0 Å². The third kappa shape index (κ3) is 2.95. The standard InChI is InChI=1S/C20H24FN3OS/c1-11-7-14-10-24(17(9-22)16(14)8-11)20(25)18-19(26-12(2)23-18)13-3-5-15(21)6-4-13/h3-6,11,14,16-17H,7-10,22H2,1-2H3/t11?,14-,16-,17+/m0/s1. The van der Waals surface area contributed by atoms with Crippen LogP contribution in [-0.2, 0) is 0 Å². The van der Waals surface area contributed by atoms with Gasteiger partial charge in [0, 0.05) is 19.1 Å². The predicted octanol–water partition coefficient (Wildman–Crippen LogP) is 3.70. The van der Waals surface area contributed by atoms with E-state index in [1.165, 1.54) is 29.9 Å². The summed E-state index contributed by atoms with van der Waals surface area (Å²) in [5.74, 6) is 1.45. The van der Waals surface area contributed by atoms with Crippen molar-refractivity contribution < 1.29 is 9.18 Å². The van der Waals surface area contributed by atoms with E-state index in [4.69, 9.17) is 5.73 Å². The van der Waals surface area contributed by atoms with Gasteiger partial charge >= 0.3 is 0 Å². The number of halogens is 1. The van der Waals surface area contributed by atoms with Crippen LogP contribution in [0.15, 0.2) is 24.3 Å². The summed E-state index contributed by atoms with van der Waals surface area (Å²) in [6, 6.07) is 6.35. The van der Waals surface area contributed by atoms with Crippen molar-refractivity contribution in [1.29, 1.82) is 0 Å². The normalized spacial score (nSPS) is 27.8. The minimum atomic E-state index is -0.285. The van der Waals surface area contributed by atoms with Gasteiger partial charge < -0.3 is 10.6 Å². The SMILES string of the molecule is Cc1nc(C(=O)N2C[C@@H]3CC(C)C[C@@H]3[C@H]2CN)c(-c2ccc(F)cc2)s1. The van der Waals surface area contributed by atoms with E-state index in [0.29, 0.717) is 30.0 Å². The minimum Gasteiger partial charge on any atom is -0.332 e. The molecule has 2 heterocycles. The maximum Gasteiger partial charge on any atom is 0.274 e. The van der Waals surface area contributed by atoms with E-state index in [-0.39, 0.29) is 17.8 Å². The topological polar surface area (TPSA) is 59.2 Å². The fourth-order valence-electron chi connectivity index (χ4n) is 4.79. The molecule has 2 aromatic rings. The van der Waals surface area contributed by atoms with Crippen molar-refractivity contribution in [2.45, 2.75) is 32.7 Å². The van der Waals surface area contributed by atoms with Gasteiger partial charge in [0.2, 0.25) is 0 Å². The van der Waals surface area contributed by atoms with Gasteiger partial charge in [0.1, 0.15) is 11.5 Å². The maximum atomic E-state index is 13.3. The molecule has 4 atom stereocenters. The summed E-state index contributed by atoms with van der Waals surface area (Å²) < 4.78 is 13.3. The number of aromatic nitrogens is 1. The zero-order valence-electron chi connectivity index (χ0n) is 15.1. The second-order valence-electron chi connectivity index (χ2n) is 7.68. The summed E-state index contributed by atoms with van der Waals surface area (Å²) in [5.41, 5.74) is 7.37. The molecule has 6 heteroatoms. The van der Waals surface area contributed by atoms with Gasteiger partial charge in [-0.2, -0.15) is 0 Å². The highest BCUT2D eigenvalue weighted by Gasteiger charge is 2.48. The number of carbonyl (C=O) groups excluding carboxylic acids is 1. The molecule has 1 aliphatic carbocycles. The molecule has 0 spiro atoms. The van der Waals surface area contributed by atoms with E-state index >= 15 is 0 Å². The number of rotatable bonds is 3. The lowest BCUT2D eigenvalue weighted by Crippen LogP contribution is -2.43. The molecule has 1 saturated heterocycles. The van der Waals surface area contributed by atoms with Crippen LogP contribution in [-0.4, -0.2) is 34.9 Å². The Bertz CT molecular complexity index is 819. The highest BCUT2D eigenvalue weighted by molar-refractivity contribution is 7.15. The monoisotopic (exact) mass is 373 g/mol. The molecule has 1 amide bonds. The summed E-state index contributed by atoms with van der Waals surface area (Å²) in [6.45, 7) is 5.45. The Morgan fingerprint density at radius 1 is 1.35 bits per heavy atom. The lowest BCUT2D eigenvalue weighted by atomic mass is 9.94. The van der Waals surface area contributed by atoms with Crippen LogP contribution in [0.1, 0.15) is 35.3 Å². The highest BCUT2D eigenvalue weighted by Crippen LogP contribution is 2.45. The number of hydrogen-bond donors (Lipinski definition) is 1. The lowest BCUT2D eigenvalue weighted by molar-refractivity contribution is 0.0710. The quantitative estimate of drug-likeness (QED) is 0.892. The van der Waals surface area contributed by atoms with E-state index in [9.17, 15) is 9.18 Å². The zero-order chi connectivity index (χ0) is 18.4. The number of nitrogens with two attached hydrogens (primary N) is 1. The lowest BCUT2D eigenvalue weighted by Gasteiger charge is -2.27. The van der Waals surface area contributed by atoms with Gasteiger partial charge in [-0.15, -0.1) is 11.3 Å². The Labute approximate surface area is 157 Å². The van der Waals surface area contributed by atoms with Gasteiger partial charge in [0.15, 0.2) is 0 Å². The van der Waals surface area contributed by atoms with E-state index < -0.39 is 0 Å². The molecule has 2 aliphatic rings. The van der Waals surface area contributed by atoms with Crippen molar-refractivity contribution in [2.75, 3.05) is 13.1 Å². The number of amides is 1. The molecule has 26 heavy (non-hydrogen) atoms. The third-order valence-corrected chi connectivity index (χ3v) is 6.88. The van der Waals surface area contributed by atoms with Crippen molar-refractivity contribution in [2.24, 2.45) is 23.5 Å². The molecular formula is C20H24FN3OS. The summed E-state index contributed by atoms with van der Waals surface area (Å²) in [6.07, 6.45) is 2.32. The first-order chi connectivity index (χ1) is 12.5. The molecule has 138 valence electrons. The number of aryl methyl sites for hydroxylation is 1. The molecule has 1 aliphatic heterocycles. The Morgan fingerprint density at radius 3 is 2.77 bits per heavy atom. The molecule has 1 aromatic carbocycles. The molecule has 4 nitrogen and oxygen atoms in total. The molecule has 2 N–H and O–H groups in total. The van der Waals surface area contributed by atoms with Crippen molar-refractivity contribution in [3.8, 4) is 10.4 Å². The van der Waals surface area contributed by atoms with Crippen LogP contribution in [0.25, 0.3) is 10.4 Å². The third-order valence-electron chi connectivity index (χ3n) is 5.86. The smallest absolute Gasteiger partial charge is 0.274 e. The van der Waals surface area contributed by atoms with Crippen molar-refractivity contribution in [1.82, 2.24) is 9.88 Å². The van der Waals surface area contributed by atoms with Crippen LogP contribution in [0.2, 0.25) is 0 Å². The molecule has 1 unspecified atom stereocenters. The van der Waals surface area contributed by atoms with E-state index in [1.807, 2.05) is 11.8 Å². The highest BCUT2D eigenvalue weighted by atomic mass is 32.1. The number of hydrogen-bond acceptors (Lipinski definition) is 4. The van der Waals surface area contributed by atoms with E-state index in [1.54, 1.807) is 12.1 Å². The number of likely N-dealkylation sites (tertiary alicyclic amines) is 1. The Balaban J connectivity index is 1.66. The van der Waals surface area contributed by atoms with Crippen molar-refractivity contribution in [3.63, 3.8) is 0 Å². The number of benzene rings is 1. The Hall–Kier alpha value is -1.79. The van der Waals surface area contributed by atoms with Gasteiger partial charge in [0.05, 0.1) is 9.88 Å². The fourth-order valence-corrected chi connectivity index (χ4v) is 5.70. The van der Waals surface area contributed by atoms with Crippen molar-refractivity contribution in [3.05, 3.63) is 40.8 Å². The molecule has 1 saturated carbocycles. The van der Waals surface area contributed by atoms with Gasteiger partial charge in [-0.05, 0) is 55.2 Å². The molecule has 4 rings (SSSR count). The number of nitrogens with zero attached hydrogens (tertiary/aromatic N) is 2.